The third kappa shape index (κ3) is 7.18. The Morgan fingerprint density at radius 2 is 1.02 bits per heavy atom. The number of para-hydroxylation sites is 2. The molecule has 9 rings (SSSR count). The maximum absolute atomic E-state index is 4.71. The van der Waals surface area contributed by atoms with Gasteiger partial charge in [-0.1, -0.05) is 109 Å². The van der Waals surface area contributed by atoms with Gasteiger partial charge < -0.3 is 4.40 Å². The summed E-state index contributed by atoms with van der Waals surface area (Å²) in [5.41, 5.74) is 13.0. The van der Waals surface area contributed by atoms with E-state index in [2.05, 4.69) is 125 Å². The van der Waals surface area contributed by atoms with E-state index in [1.165, 1.54) is 27.6 Å². The standard InChI is InChI=1S/C17H14N2.C14H12N2.C14H11N/c1-13-11-16(14-7-3-2-4-8-14)19-17(12-13)15-9-5-6-10-18-15;1-11-6-5-9-14-15-13(10-16(11)14)12-7-3-2-4-8-12;1-10-11-6-2-4-8-13(11)15-14-9-5-3-7-12(10)14/h2-12H,1H3;2-10H,1H3;2-9H,1H3. The summed E-state index contributed by atoms with van der Waals surface area (Å²) in [4.78, 5) is 18.3. The fraction of sp³-hybridized carbons (Fsp3) is 0.0667. The van der Waals surface area contributed by atoms with Crippen LogP contribution in [0.2, 0.25) is 0 Å². The lowest BCUT2D eigenvalue weighted by Gasteiger charge is -2.06. The Bertz CT molecular complexity index is 2390. The molecule has 0 saturated heterocycles. The summed E-state index contributed by atoms with van der Waals surface area (Å²) < 4.78 is 2.11. The lowest BCUT2D eigenvalue weighted by molar-refractivity contribution is 1.09. The second-order valence-corrected chi connectivity index (χ2v) is 12.2. The molecule has 5 heteroatoms. The molecule has 9 aromatic rings. The van der Waals surface area contributed by atoms with Crippen molar-refractivity contribution < 1.29 is 0 Å². The number of aromatic nitrogens is 5. The van der Waals surface area contributed by atoms with Gasteiger partial charge in [-0.25, -0.2) is 15.0 Å². The third-order valence-electron chi connectivity index (χ3n) is 8.59. The number of benzene rings is 4. The quantitative estimate of drug-likeness (QED) is 0.179. The van der Waals surface area contributed by atoms with Crippen LogP contribution in [-0.2, 0) is 0 Å². The molecule has 0 spiro atoms. The number of aryl methyl sites for hydroxylation is 3. The topological polar surface area (TPSA) is 56.0 Å². The predicted molar refractivity (Wildman–Crippen MR) is 207 cm³/mol. The molecule has 5 nitrogen and oxygen atoms in total. The van der Waals surface area contributed by atoms with Gasteiger partial charge in [0.15, 0.2) is 0 Å². The highest BCUT2D eigenvalue weighted by molar-refractivity contribution is 5.96. The SMILES string of the molecule is Cc1c2ccccc2nc2ccccc12.Cc1cc(-c2ccccc2)nc(-c2ccccn2)c1.Cc1cccc2nc(-c3ccccc3)cn12. The highest BCUT2D eigenvalue weighted by atomic mass is 15.0. The van der Waals surface area contributed by atoms with Gasteiger partial charge in [-0.15, -0.1) is 0 Å². The normalized spacial score (nSPS) is 10.7. The average molecular weight is 648 g/mol. The summed E-state index contributed by atoms with van der Waals surface area (Å²) in [5, 5.41) is 2.49. The second-order valence-electron chi connectivity index (χ2n) is 12.2. The highest BCUT2D eigenvalue weighted by Crippen LogP contribution is 2.25. The van der Waals surface area contributed by atoms with Crippen LogP contribution in [0.3, 0.4) is 0 Å². The lowest BCUT2D eigenvalue weighted by Crippen LogP contribution is -1.91. The maximum Gasteiger partial charge on any atom is 0.137 e. The third-order valence-corrected chi connectivity index (χ3v) is 8.59. The summed E-state index contributed by atoms with van der Waals surface area (Å²) in [6, 6.07) is 53.2. The Kier molecular flexibility index (Phi) is 9.47. The van der Waals surface area contributed by atoms with Crippen LogP contribution >= 0.6 is 0 Å². The molecule has 0 fully saturated rings. The van der Waals surface area contributed by atoms with E-state index in [0.29, 0.717) is 0 Å². The first-order valence-corrected chi connectivity index (χ1v) is 16.7. The van der Waals surface area contributed by atoms with Gasteiger partial charge in [-0.2, -0.15) is 0 Å². The second kappa shape index (κ2) is 14.8. The lowest BCUT2D eigenvalue weighted by atomic mass is 10.0. The number of hydrogen-bond acceptors (Lipinski definition) is 4. The van der Waals surface area contributed by atoms with Crippen molar-refractivity contribution in [3.63, 3.8) is 0 Å². The van der Waals surface area contributed by atoms with Gasteiger partial charge in [0.25, 0.3) is 0 Å². The molecule has 0 aliphatic carbocycles. The van der Waals surface area contributed by atoms with Crippen LogP contribution in [0.25, 0.3) is 61.4 Å². The fourth-order valence-corrected chi connectivity index (χ4v) is 6.02. The van der Waals surface area contributed by atoms with Crippen LogP contribution in [0.4, 0.5) is 0 Å². The summed E-state index contributed by atoms with van der Waals surface area (Å²) in [6.45, 7) is 6.33. The van der Waals surface area contributed by atoms with Crippen molar-refractivity contribution in [1.82, 2.24) is 24.3 Å². The smallest absolute Gasteiger partial charge is 0.137 e. The Hall–Kier alpha value is -6.46. The van der Waals surface area contributed by atoms with Crippen LogP contribution in [0.5, 0.6) is 0 Å². The molecule has 0 bridgehead atoms. The maximum atomic E-state index is 4.71. The molecule has 0 aliphatic heterocycles. The summed E-state index contributed by atoms with van der Waals surface area (Å²) >= 11 is 0. The Morgan fingerprint density at radius 3 is 1.64 bits per heavy atom. The van der Waals surface area contributed by atoms with E-state index in [1.807, 2.05) is 78.9 Å². The van der Waals surface area contributed by atoms with E-state index >= 15 is 0 Å². The minimum atomic E-state index is 0.906. The number of pyridine rings is 4. The molecule has 50 heavy (non-hydrogen) atoms. The average Bonchev–Trinajstić information content (AvgIpc) is 3.63. The first-order valence-electron chi connectivity index (χ1n) is 16.7. The Labute approximate surface area is 292 Å². The van der Waals surface area contributed by atoms with Crippen molar-refractivity contribution in [3.8, 4) is 33.9 Å². The van der Waals surface area contributed by atoms with E-state index in [1.54, 1.807) is 6.20 Å². The Morgan fingerprint density at radius 1 is 0.440 bits per heavy atom. The fourth-order valence-electron chi connectivity index (χ4n) is 6.02. The zero-order valence-corrected chi connectivity index (χ0v) is 28.4. The minimum Gasteiger partial charge on any atom is -0.304 e. The zero-order valence-electron chi connectivity index (χ0n) is 28.4. The van der Waals surface area contributed by atoms with Gasteiger partial charge in [0.1, 0.15) is 5.65 Å². The highest BCUT2D eigenvalue weighted by Gasteiger charge is 2.07. The number of hydrogen-bond donors (Lipinski definition) is 0. The van der Waals surface area contributed by atoms with E-state index < -0.39 is 0 Å². The van der Waals surface area contributed by atoms with Crippen LogP contribution in [0.1, 0.15) is 16.8 Å². The molecule has 0 N–H and O–H groups in total. The van der Waals surface area contributed by atoms with Crippen LogP contribution in [0, 0.1) is 20.8 Å². The van der Waals surface area contributed by atoms with Crippen LogP contribution in [-0.4, -0.2) is 24.3 Å². The van der Waals surface area contributed by atoms with Crippen LogP contribution in [0.15, 0.2) is 170 Å². The molecule has 4 aromatic carbocycles. The number of fused-ring (bicyclic) bond motifs is 3. The first-order chi connectivity index (χ1) is 24.5. The molecule has 5 aromatic heterocycles. The van der Waals surface area contributed by atoms with Crippen molar-refractivity contribution in [3.05, 3.63) is 187 Å². The van der Waals surface area contributed by atoms with Gasteiger partial charge in [0.2, 0.25) is 0 Å². The molecular formula is C45H37N5. The van der Waals surface area contributed by atoms with Crippen molar-refractivity contribution in [2.45, 2.75) is 20.8 Å². The molecule has 0 saturated carbocycles. The largest absolute Gasteiger partial charge is 0.304 e. The summed E-state index contributed by atoms with van der Waals surface area (Å²) in [7, 11) is 0. The zero-order chi connectivity index (χ0) is 34.3. The van der Waals surface area contributed by atoms with Gasteiger partial charge in [-0.3, -0.25) is 4.98 Å². The summed E-state index contributed by atoms with van der Waals surface area (Å²) in [6.07, 6.45) is 3.88. The molecule has 0 unspecified atom stereocenters. The van der Waals surface area contributed by atoms with Crippen molar-refractivity contribution in [1.29, 1.82) is 0 Å². The van der Waals surface area contributed by atoms with Crippen LogP contribution < -0.4 is 0 Å². The predicted octanol–water partition coefficient (Wildman–Crippen LogP) is 11.1. The summed E-state index contributed by atoms with van der Waals surface area (Å²) in [5.74, 6) is 0. The van der Waals surface area contributed by atoms with E-state index in [4.69, 9.17) is 4.98 Å². The first kappa shape index (κ1) is 32.1. The Balaban J connectivity index is 0.000000118. The van der Waals surface area contributed by atoms with Gasteiger partial charge in [0.05, 0.1) is 33.8 Å². The van der Waals surface area contributed by atoms with Gasteiger partial charge in [0, 0.05) is 40.0 Å². The molecule has 0 radical (unpaired) electrons. The van der Waals surface area contributed by atoms with E-state index in [-0.39, 0.29) is 0 Å². The van der Waals surface area contributed by atoms with Crippen molar-refractivity contribution in [2.75, 3.05) is 0 Å². The molecule has 0 atom stereocenters. The number of rotatable bonds is 3. The van der Waals surface area contributed by atoms with Crippen molar-refractivity contribution >= 4 is 27.5 Å². The van der Waals surface area contributed by atoms with E-state index in [9.17, 15) is 0 Å². The number of nitrogens with zero attached hydrogens (tertiary/aromatic N) is 5. The van der Waals surface area contributed by atoms with E-state index in [0.717, 1.165) is 50.6 Å². The molecular weight excluding hydrogens is 611 g/mol. The monoisotopic (exact) mass is 647 g/mol. The molecule has 242 valence electrons. The molecule has 0 aliphatic rings. The molecule has 0 amide bonds. The minimum absolute atomic E-state index is 0.906. The number of imidazole rings is 1. The van der Waals surface area contributed by atoms with Gasteiger partial charge in [-0.05, 0) is 80.4 Å². The molecule has 5 heterocycles. The van der Waals surface area contributed by atoms with Crippen molar-refractivity contribution in [2.24, 2.45) is 0 Å². The van der Waals surface area contributed by atoms with Gasteiger partial charge >= 0.3 is 0 Å².